The number of nitrogens with one attached hydrogen (secondary N) is 2. The predicted molar refractivity (Wildman–Crippen MR) is 91.8 cm³/mol. The van der Waals surface area contributed by atoms with Crippen LogP contribution in [0.5, 0.6) is 0 Å². The highest BCUT2D eigenvalue weighted by atomic mass is 16.5. The summed E-state index contributed by atoms with van der Waals surface area (Å²) in [6.45, 7) is 2.64. The summed E-state index contributed by atoms with van der Waals surface area (Å²) in [6, 6.07) is 9.92. The maximum atomic E-state index is 12.7. The number of carbonyl (C=O) groups is 1. The first-order valence-electron chi connectivity index (χ1n) is 8.30. The van der Waals surface area contributed by atoms with Crippen LogP contribution in [0.1, 0.15) is 18.4 Å². The van der Waals surface area contributed by atoms with Crippen LogP contribution in [-0.2, 0) is 16.1 Å². The van der Waals surface area contributed by atoms with Crippen molar-refractivity contribution in [2.24, 2.45) is 5.41 Å². The molecule has 3 rings (SSSR count). The molecule has 1 saturated heterocycles. The van der Waals surface area contributed by atoms with Gasteiger partial charge in [-0.3, -0.25) is 4.79 Å². The Morgan fingerprint density at radius 3 is 2.79 bits per heavy atom. The van der Waals surface area contributed by atoms with Gasteiger partial charge in [-0.05, 0) is 38.1 Å². The van der Waals surface area contributed by atoms with Crippen molar-refractivity contribution in [3.05, 3.63) is 48.3 Å². The third kappa shape index (κ3) is 3.66. The Morgan fingerprint density at radius 2 is 2.08 bits per heavy atom. The highest BCUT2D eigenvalue weighted by Gasteiger charge is 2.39. The molecule has 2 N–H and O–H groups in total. The number of methoxy groups -OCH3 is 1. The zero-order valence-electron chi connectivity index (χ0n) is 14.0. The zero-order chi connectivity index (χ0) is 16.8. The van der Waals surface area contributed by atoms with Crippen LogP contribution in [0.25, 0.3) is 5.69 Å². The molecule has 1 aliphatic heterocycles. The molecule has 0 saturated carbocycles. The van der Waals surface area contributed by atoms with Gasteiger partial charge in [-0.2, -0.15) is 5.10 Å². The molecule has 24 heavy (non-hydrogen) atoms. The molecule has 2 heterocycles. The summed E-state index contributed by atoms with van der Waals surface area (Å²) in [5.74, 6) is 0.0679. The third-order valence-corrected chi connectivity index (χ3v) is 4.57. The Kier molecular flexibility index (Phi) is 5.27. The molecule has 1 fully saturated rings. The first-order valence-corrected chi connectivity index (χ1v) is 8.30. The van der Waals surface area contributed by atoms with Gasteiger partial charge in [0.05, 0.1) is 23.9 Å². The van der Waals surface area contributed by atoms with Crippen LogP contribution in [0.4, 0.5) is 0 Å². The fraction of sp³-hybridized carbons (Fsp3) is 0.444. The number of carbonyl (C=O) groups excluding carboxylic acids is 1. The van der Waals surface area contributed by atoms with Crippen molar-refractivity contribution in [2.45, 2.75) is 19.4 Å². The largest absolute Gasteiger partial charge is 0.384 e. The fourth-order valence-electron chi connectivity index (χ4n) is 3.16. The van der Waals surface area contributed by atoms with Crippen molar-refractivity contribution in [2.75, 3.05) is 26.8 Å². The van der Waals surface area contributed by atoms with Crippen molar-refractivity contribution in [3.63, 3.8) is 0 Å². The van der Waals surface area contributed by atoms with E-state index in [1.807, 2.05) is 41.2 Å². The molecule has 0 atom stereocenters. The van der Waals surface area contributed by atoms with Gasteiger partial charge in [-0.1, -0.05) is 18.2 Å². The molecule has 0 spiro atoms. The number of rotatable bonds is 6. The van der Waals surface area contributed by atoms with Crippen molar-refractivity contribution in [1.82, 2.24) is 20.4 Å². The molecule has 1 aromatic heterocycles. The Bertz CT molecular complexity index is 657. The average molecular weight is 328 g/mol. The first-order chi connectivity index (χ1) is 11.7. The summed E-state index contributed by atoms with van der Waals surface area (Å²) in [6.07, 6.45) is 5.34. The maximum Gasteiger partial charge on any atom is 0.228 e. The van der Waals surface area contributed by atoms with E-state index < -0.39 is 5.41 Å². The summed E-state index contributed by atoms with van der Waals surface area (Å²) in [5.41, 5.74) is 1.56. The monoisotopic (exact) mass is 328 g/mol. The quantitative estimate of drug-likeness (QED) is 0.843. The van der Waals surface area contributed by atoms with Crippen LogP contribution in [0.15, 0.2) is 42.7 Å². The number of amides is 1. The molecule has 1 aromatic carbocycles. The normalized spacial score (nSPS) is 16.7. The topological polar surface area (TPSA) is 68.2 Å². The molecule has 0 radical (unpaired) electrons. The SMILES string of the molecule is COCC1(C(=O)NCc2cnn(-c3ccccc3)c2)CCNCC1. The molecule has 1 aliphatic rings. The van der Waals surface area contributed by atoms with E-state index in [1.165, 1.54) is 0 Å². The number of hydrogen-bond acceptors (Lipinski definition) is 4. The van der Waals surface area contributed by atoms with E-state index >= 15 is 0 Å². The molecule has 2 aromatic rings. The van der Waals surface area contributed by atoms with Crippen LogP contribution in [-0.4, -0.2) is 42.5 Å². The van der Waals surface area contributed by atoms with Crippen molar-refractivity contribution in [3.8, 4) is 5.69 Å². The minimum absolute atomic E-state index is 0.0679. The van der Waals surface area contributed by atoms with E-state index in [1.54, 1.807) is 13.3 Å². The van der Waals surface area contributed by atoms with Gasteiger partial charge in [0.2, 0.25) is 5.91 Å². The number of nitrogens with zero attached hydrogens (tertiary/aromatic N) is 2. The van der Waals surface area contributed by atoms with Crippen LogP contribution in [0, 0.1) is 5.41 Å². The number of hydrogen-bond donors (Lipinski definition) is 2. The van der Waals surface area contributed by atoms with Gasteiger partial charge in [-0.25, -0.2) is 4.68 Å². The number of piperidine rings is 1. The Labute approximate surface area is 142 Å². The van der Waals surface area contributed by atoms with Crippen LogP contribution < -0.4 is 10.6 Å². The molecule has 6 heteroatoms. The lowest BCUT2D eigenvalue weighted by atomic mass is 9.78. The smallest absolute Gasteiger partial charge is 0.228 e. The number of benzene rings is 1. The number of para-hydroxylation sites is 1. The Balaban J connectivity index is 1.62. The average Bonchev–Trinajstić information content (AvgIpc) is 3.10. The lowest BCUT2D eigenvalue weighted by Crippen LogP contribution is -2.49. The number of ether oxygens (including phenoxy) is 1. The number of aromatic nitrogens is 2. The van der Waals surface area contributed by atoms with Gasteiger partial charge >= 0.3 is 0 Å². The predicted octanol–water partition coefficient (Wildman–Crippen LogP) is 1.50. The second-order valence-electron chi connectivity index (χ2n) is 6.27. The first kappa shape index (κ1) is 16.7. The van der Waals surface area contributed by atoms with E-state index in [-0.39, 0.29) is 5.91 Å². The lowest BCUT2D eigenvalue weighted by molar-refractivity contribution is -0.136. The van der Waals surface area contributed by atoms with Crippen LogP contribution >= 0.6 is 0 Å². The minimum Gasteiger partial charge on any atom is -0.384 e. The maximum absolute atomic E-state index is 12.7. The third-order valence-electron chi connectivity index (χ3n) is 4.57. The summed E-state index contributed by atoms with van der Waals surface area (Å²) in [7, 11) is 1.65. The molecule has 0 unspecified atom stereocenters. The van der Waals surface area contributed by atoms with E-state index in [0.29, 0.717) is 13.2 Å². The van der Waals surface area contributed by atoms with Gasteiger partial charge in [0.15, 0.2) is 0 Å². The summed E-state index contributed by atoms with van der Waals surface area (Å²) < 4.78 is 7.13. The van der Waals surface area contributed by atoms with Crippen LogP contribution in [0.3, 0.4) is 0 Å². The van der Waals surface area contributed by atoms with E-state index in [0.717, 1.165) is 37.2 Å². The second kappa shape index (κ2) is 7.59. The van der Waals surface area contributed by atoms with Gasteiger partial charge in [-0.15, -0.1) is 0 Å². The van der Waals surface area contributed by atoms with Gasteiger partial charge in [0, 0.05) is 25.4 Å². The van der Waals surface area contributed by atoms with Gasteiger partial charge < -0.3 is 15.4 Å². The van der Waals surface area contributed by atoms with Crippen molar-refractivity contribution >= 4 is 5.91 Å². The molecule has 1 amide bonds. The van der Waals surface area contributed by atoms with Gasteiger partial charge in [0.25, 0.3) is 0 Å². The highest BCUT2D eigenvalue weighted by molar-refractivity contribution is 5.83. The van der Waals surface area contributed by atoms with Crippen LogP contribution in [0.2, 0.25) is 0 Å². The van der Waals surface area contributed by atoms with Gasteiger partial charge in [0.1, 0.15) is 0 Å². The summed E-state index contributed by atoms with van der Waals surface area (Å²) in [4.78, 5) is 12.7. The fourth-order valence-corrected chi connectivity index (χ4v) is 3.16. The molecule has 6 nitrogen and oxygen atoms in total. The highest BCUT2D eigenvalue weighted by Crippen LogP contribution is 2.29. The minimum atomic E-state index is -0.421. The molecule has 128 valence electrons. The summed E-state index contributed by atoms with van der Waals surface area (Å²) in [5, 5.41) is 10.7. The second-order valence-corrected chi connectivity index (χ2v) is 6.27. The molecular formula is C18H24N4O2. The van der Waals surface area contributed by atoms with E-state index in [2.05, 4.69) is 15.7 Å². The Morgan fingerprint density at radius 1 is 1.33 bits per heavy atom. The Hall–Kier alpha value is -2.18. The van der Waals surface area contributed by atoms with Crippen molar-refractivity contribution < 1.29 is 9.53 Å². The zero-order valence-corrected chi connectivity index (χ0v) is 14.0. The lowest BCUT2D eigenvalue weighted by Gasteiger charge is -2.35. The molecular weight excluding hydrogens is 304 g/mol. The van der Waals surface area contributed by atoms with E-state index in [4.69, 9.17) is 4.74 Å². The van der Waals surface area contributed by atoms with E-state index in [9.17, 15) is 4.79 Å². The summed E-state index contributed by atoms with van der Waals surface area (Å²) >= 11 is 0. The standard InChI is InChI=1S/C18H24N4O2/c1-24-14-18(7-9-19-10-8-18)17(23)20-11-15-12-21-22(13-15)16-5-3-2-4-6-16/h2-6,12-13,19H,7-11,14H2,1H3,(H,20,23). The molecule has 0 bridgehead atoms. The van der Waals surface area contributed by atoms with Crippen molar-refractivity contribution in [1.29, 1.82) is 0 Å². The molecule has 0 aliphatic carbocycles.